The Morgan fingerprint density at radius 3 is 2.57 bits per heavy atom. The number of hydrogen-bond acceptors (Lipinski definition) is 5. The number of benzene rings is 1. The number of carboxylic acids is 1. The van der Waals surface area contributed by atoms with E-state index in [1.807, 2.05) is 17.6 Å². The number of aromatic nitrogens is 1. The van der Waals surface area contributed by atoms with Crippen LogP contribution in [0.4, 0.5) is 10.8 Å². The average Bonchev–Trinajstić information content (AvgIpc) is 3.01. The fourth-order valence-electron chi connectivity index (χ4n) is 2.46. The van der Waals surface area contributed by atoms with E-state index in [0.29, 0.717) is 5.56 Å². The van der Waals surface area contributed by atoms with Gasteiger partial charge in [-0.15, -0.1) is 11.3 Å². The van der Waals surface area contributed by atoms with Gasteiger partial charge in [0.2, 0.25) is 0 Å². The van der Waals surface area contributed by atoms with Crippen LogP contribution in [0.5, 0.6) is 0 Å². The van der Waals surface area contributed by atoms with Crippen molar-refractivity contribution in [3.63, 3.8) is 0 Å². The first kappa shape index (κ1) is 14.3. The van der Waals surface area contributed by atoms with Gasteiger partial charge < -0.3 is 14.9 Å². The summed E-state index contributed by atoms with van der Waals surface area (Å²) in [6.07, 6.45) is 1.81. The van der Waals surface area contributed by atoms with Gasteiger partial charge in [-0.3, -0.25) is 0 Å². The molecule has 7 heteroatoms. The second-order valence-electron chi connectivity index (χ2n) is 4.76. The third kappa shape index (κ3) is 3.03. The molecule has 3 rings (SSSR count). The van der Waals surface area contributed by atoms with Crippen molar-refractivity contribution >= 4 is 44.1 Å². The predicted molar refractivity (Wildman–Crippen MR) is 87.6 cm³/mol. The van der Waals surface area contributed by atoms with E-state index in [4.69, 9.17) is 0 Å². The molecule has 5 nitrogen and oxygen atoms in total. The van der Waals surface area contributed by atoms with Crippen molar-refractivity contribution in [1.82, 2.24) is 4.98 Å². The smallest absolute Gasteiger partial charge is 0.337 e. The number of rotatable bonds is 3. The van der Waals surface area contributed by atoms with Gasteiger partial charge in [-0.2, -0.15) is 0 Å². The molecule has 2 heterocycles. The number of thiazole rings is 1. The van der Waals surface area contributed by atoms with Crippen molar-refractivity contribution in [2.75, 3.05) is 36.0 Å². The second kappa shape index (κ2) is 6.03. The zero-order valence-electron chi connectivity index (χ0n) is 11.2. The summed E-state index contributed by atoms with van der Waals surface area (Å²) in [7, 11) is 0. The van der Waals surface area contributed by atoms with Crippen molar-refractivity contribution in [2.24, 2.45) is 0 Å². The van der Waals surface area contributed by atoms with E-state index >= 15 is 0 Å². The molecule has 0 unspecified atom stereocenters. The Morgan fingerprint density at radius 1 is 1.24 bits per heavy atom. The highest BCUT2D eigenvalue weighted by molar-refractivity contribution is 9.10. The molecule has 0 amide bonds. The maximum atomic E-state index is 11.4. The predicted octanol–water partition coefficient (Wildman–Crippen LogP) is 2.93. The molecule has 1 aromatic heterocycles. The standard InChI is InChI=1S/C14H14BrN3O2S/c15-10-1-2-11(13(19)20)12(9-10)17-4-6-18(7-5-17)14-16-3-8-21-14/h1-3,8-9H,4-7H2,(H,19,20). The topological polar surface area (TPSA) is 56.7 Å². The highest BCUT2D eigenvalue weighted by Crippen LogP contribution is 2.27. The first-order valence-electron chi connectivity index (χ1n) is 6.57. The quantitative estimate of drug-likeness (QED) is 0.903. The first-order valence-corrected chi connectivity index (χ1v) is 8.24. The Balaban J connectivity index is 1.78. The Hall–Kier alpha value is -1.60. The molecule has 0 saturated carbocycles. The van der Waals surface area contributed by atoms with Crippen LogP contribution in [-0.2, 0) is 0 Å². The Labute approximate surface area is 135 Å². The Morgan fingerprint density at radius 2 is 1.95 bits per heavy atom. The lowest BCUT2D eigenvalue weighted by molar-refractivity contribution is 0.0697. The van der Waals surface area contributed by atoms with Crippen LogP contribution in [0.2, 0.25) is 0 Å². The summed E-state index contributed by atoms with van der Waals surface area (Å²) >= 11 is 5.05. The van der Waals surface area contributed by atoms with E-state index in [1.54, 1.807) is 23.5 Å². The van der Waals surface area contributed by atoms with Crippen molar-refractivity contribution in [2.45, 2.75) is 0 Å². The number of anilines is 2. The van der Waals surface area contributed by atoms with E-state index in [2.05, 4.69) is 30.7 Å². The highest BCUT2D eigenvalue weighted by Gasteiger charge is 2.22. The number of carbonyl (C=O) groups is 1. The van der Waals surface area contributed by atoms with Gasteiger partial charge >= 0.3 is 5.97 Å². The molecule has 0 aliphatic carbocycles. The summed E-state index contributed by atoms with van der Waals surface area (Å²) in [5.74, 6) is -0.889. The summed E-state index contributed by atoms with van der Waals surface area (Å²) in [5.41, 5.74) is 1.12. The molecule has 1 saturated heterocycles. The molecule has 1 fully saturated rings. The Kier molecular flexibility index (Phi) is 4.12. The lowest BCUT2D eigenvalue weighted by Gasteiger charge is -2.36. The number of hydrogen-bond donors (Lipinski definition) is 1. The molecule has 1 aromatic carbocycles. The first-order chi connectivity index (χ1) is 10.1. The SMILES string of the molecule is O=C(O)c1ccc(Br)cc1N1CCN(c2nccs2)CC1. The van der Waals surface area contributed by atoms with E-state index in [9.17, 15) is 9.90 Å². The van der Waals surface area contributed by atoms with E-state index in [1.165, 1.54) is 0 Å². The minimum Gasteiger partial charge on any atom is -0.478 e. The van der Waals surface area contributed by atoms with Crippen LogP contribution in [0, 0.1) is 0 Å². The second-order valence-corrected chi connectivity index (χ2v) is 6.54. The summed E-state index contributed by atoms with van der Waals surface area (Å²) in [6, 6.07) is 5.29. The highest BCUT2D eigenvalue weighted by atomic mass is 79.9. The monoisotopic (exact) mass is 367 g/mol. The van der Waals surface area contributed by atoms with Gasteiger partial charge in [-0.25, -0.2) is 9.78 Å². The molecule has 1 aliphatic heterocycles. The summed E-state index contributed by atoms with van der Waals surface area (Å²) in [6.45, 7) is 3.27. The molecule has 2 aromatic rings. The molecule has 0 bridgehead atoms. The summed E-state index contributed by atoms with van der Waals surface area (Å²) < 4.78 is 0.893. The van der Waals surface area contributed by atoms with Crippen molar-refractivity contribution in [3.8, 4) is 0 Å². The molecule has 1 N–H and O–H groups in total. The zero-order chi connectivity index (χ0) is 14.8. The number of halogens is 1. The normalized spacial score (nSPS) is 15.3. The zero-order valence-corrected chi connectivity index (χ0v) is 13.6. The lowest BCUT2D eigenvalue weighted by atomic mass is 10.1. The average molecular weight is 368 g/mol. The molecule has 110 valence electrons. The third-order valence-corrected chi connectivity index (χ3v) is 4.83. The molecular weight excluding hydrogens is 354 g/mol. The maximum absolute atomic E-state index is 11.4. The number of piperazine rings is 1. The van der Waals surface area contributed by atoms with Gasteiger partial charge in [0, 0.05) is 42.2 Å². The lowest BCUT2D eigenvalue weighted by Crippen LogP contribution is -2.47. The van der Waals surface area contributed by atoms with E-state index in [-0.39, 0.29) is 0 Å². The van der Waals surface area contributed by atoms with Gasteiger partial charge in [0.15, 0.2) is 5.13 Å². The van der Waals surface area contributed by atoms with E-state index in [0.717, 1.165) is 41.5 Å². The fraction of sp³-hybridized carbons (Fsp3) is 0.286. The molecule has 0 radical (unpaired) electrons. The van der Waals surface area contributed by atoms with Crippen LogP contribution >= 0.6 is 27.3 Å². The van der Waals surface area contributed by atoms with Gasteiger partial charge in [0.1, 0.15) is 0 Å². The van der Waals surface area contributed by atoms with Gasteiger partial charge in [0.25, 0.3) is 0 Å². The Bertz CT molecular complexity index is 640. The summed E-state index contributed by atoms with van der Waals surface area (Å²) in [4.78, 5) is 20.0. The van der Waals surface area contributed by atoms with Crippen molar-refractivity contribution in [3.05, 3.63) is 39.8 Å². The van der Waals surface area contributed by atoms with Crippen LogP contribution < -0.4 is 9.80 Å². The van der Waals surface area contributed by atoms with Gasteiger partial charge in [0.05, 0.1) is 11.3 Å². The fourth-order valence-corrected chi connectivity index (χ4v) is 3.50. The largest absolute Gasteiger partial charge is 0.478 e. The number of nitrogens with zero attached hydrogens (tertiary/aromatic N) is 3. The number of carboxylic acid groups (broad SMARTS) is 1. The van der Waals surface area contributed by atoms with Gasteiger partial charge in [-0.1, -0.05) is 15.9 Å². The number of aromatic carboxylic acids is 1. The third-order valence-electron chi connectivity index (χ3n) is 3.50. The van der Waals surface area contributed by atoms with Crippen LogP contribution in [0.1, 0.15) is 10.4 Å². The molecule has 0 atom stereocenters. The van der Waals surface area contributed by atoms with Crippen molar-refractivity contribution in [1.29, 1.82) is 0 Å². The molecule has 1 aliphatic rings. The summed E-state index contributed by atoms with van der Waals surface area (Å²) in [5, 5.41) is 12.3. The van der Waals surface area contributed by atoms with Gasteiger partial charge in [-0.05, 0) is 18.2 Å². The van der Waals surface area contributed by atoms with Crippen LogP contribution in [0.3, 0.4) is 0 Å². The van der Waals surface area contributed by atoms with Crippen LogP contribution in [0.15, 0.2) is 34.2 Å². The van der Waals surface area contributed by atoms with Crippen molar-refractivity contribution < 1.29 is 9.90 Å². The molecule has 0 spiro atoms. The van der Waals surface area contributed by atoms with E-state index < -0.39 is 5.97 Å². The minimum absolute atomic E-state index is 0.348. The molecule has 21 heavy (non-hydrogen) atoms. The van der Waals surface area contributed by atoms with Crippen LogP contribution in [0.25, 0.3) is 0 Å². The maximum Gasteiger partial charge on any atom is 0.337 e. The molecular formula is C14H14BrN3O2S. The van der Waals surface area contributed by atoms with Crippen LogP contribution in [-0.4, -0.2) is 42.2 Å². The minimum atomic E-state index is -0.889.